The smallest absolute Gasteiger partial charge is 0.208 e. The third-order valence-electron chi connectivity index (χ3n) is 7.41. The Morgan fingerprint density at radius 3 is 1.45 bits per heavy atom. The molecule has 0 aliphatic carbocycles. The van der Waals surface area contributed by atoms with Crippen LogP contribution in [-0.4, -0.2) is 74.6 Å². The Morgan fingerprint density at radius 2 is 1.04 bits per heavy atom. The molecule has 0 saturated carbocycles. The molecule has 0 aliphatic rings. The van der Waals surface area contributed by atoms with Crippen molar-refractivity contribution in [2.24, 2.45) is 5.73 Å². The standard InChI is InChI=1S/C20H21NO6S.C19H19NO4.CH3F.CH4/c1-28(23,24)21-10-11-25-12-13-26-16-8-6-15(7-9-16)20-14-18(22)17-4-2-3-5-19(17)27-20;20-9-10-22-11-12-23-15-7-5-14(6-8-15)19-13-17(21)16-3-1-2-4-18(16)24-19;1-2;/h2-9,14,21H,10-13H2,1H3;1-8,13H,9-12,20H2;1H3;1H4. The molecular weight excluding hydrogens is 732 g/mol. The third-order valence-corrected chi connectivity index (χ3v) is 8.14. The lowest BCUT2D eigenvalue weighted by Crippen LogP contribution is -2.26. The topological polar surface area (TPSA) is 170 Å². The number of benzene rings is 4. The normalized spacial score (nSPS) is 10.8. The Hall–Kier alpha value is -5.38. The molecular formula is C41H47FN2O10S. The van der Waals surface area contributed by atoms with Crippen molar-refractivity contribution < 1.29 is 40.6 Å². The zero-order chi connectivity index (χ0) is 38.8. The average molecular weight is 779 g/mol. The molecule has 0 radical (unpaired) electrons. The maximum Gasteiger partial charge on any atom is 0.208 e. The third kappa shape index (κ3) is 14.1. The van der Waals surface area contributed by atoms with E-state index in [1.165, 1.54) is 12.1 Å². The summed E-state index contributed by atoms with van der Waals surface area (Å²) in [4.78, 5) is 24.4. The second-order valence-electron chi connectivity index (χ2n) is 11.4. The predicted molar refractivity (Wildman–Crippen MR) is 214 cm³/mol. The van der Waals surface area contributed by atoms with Gasteiger partial charge in [0.1, 0.15) is 47.4 Å². The fourth-order valence-electron chi connectivity index (χ4n) is 4.95. The summed E-state index contributed by atoms with van der Waals surface area (Å²) in [5, 5.41) is 1.14. The van der Waals surface area contributed by atoms with Crippen LogP contribution in [0.3, 0.4) is 0 Å². The number of ether oxygens (including phenoxy) is 4. The number of nitrogens with two attached hydrogens (primary N) is 1. The summed E-state index contributed by atoms with van der Waals surface area (Å²) in [7, 11) is -2.69. The molecule has 0 unspecified atom stereocenters. The molecule has 3 N–H and O–H groups in total. The highest BCUT2D eigenvalue weighted by molar-refractivity contribution is 7.88. The minimum absolute atomic E-state index is 0. The molecule has 0 atom stereocenters. The summed E-state index contributed by atoms with van der Waals surface area (Å²) in [6, 6.07) is 32.0. The number of nitrogens with one attached hydrogen (secondary N) is 1. The zero-order valence-electron chi connectivity index (χ0n) is 30.0. The molecule has 4 aromatic carbocycles. The highest BCUT2D eigenvalue weighted by Gasteiger charge is 2.08. The van der Waals surface area contributed by atoms with E-state index < -0.39 is 10.0 Å². The van der Waals surface area contributed by atoms with E-state index in [1.807, 2.05) is 54.6 Å². The summed E-state index contributed by atoms with van der Waals surface area (Å²) in [6.45, 7) is 3.18. The fraction of sp³-hybridized carbons (Fsp3) is 0.268. The first kappa shape index (κ1) is 44.0. The molecule has 2 aromatic heterocycles. The molecule has 12 nitrogen and oxygen atoms in total. The number of para-hydroxylation sites is 2. The van der Waals surface area contributed by atoms with Crippen LogP contribution in [0, 0.1) is 0 Å². The fourth-order valence-corrected chi connectivity index (χ4v) is 5.40. The van der Waals surface area contributed by atoms with Crippen molar-refractivity contribution in [2.45, 2.75) is 7.43 Å². The van der Waals surface area contributed by atoms with Crippen molar-refractivity contribution in [3.63, 3.8) is 0 Å². The summed E-state index contributed by atoms with van der Waals surface area (Å²) in [6.07, 6.45) is 1.10. The quantitative estimate of drug-likeness (QED) is 0.104. The largest absolute Gasteiger partial charge is 0.491 e. The summed E-state index contributed by atoms with van der Waals surface area (Å²) in [5.74, 6) is 2.43. The molecule has 0 aliphatic heterocycles. The van der Waals surface area contributed by atoms with Crippen LogP contribution in [0.2, 0.25) is 0 Å². The monoisotopic (exact) mass is 778 g/mol. The number of alkyl halides is 1. The number of hydrogen-bond donors (Lipinski definition) is 2. The van der Waals surface area contributed by atoms with Gasteiger partial charge in [0.05, 0.1) is 50.6 Å². The van der Waals surface area contributed by atoms with Crippen molar-refractivity contribution in [3.8, 4) is 34.1 Å². The van der Waals surface area contributed by atoms with E-state index in [1.54, 1.807) is 42.5 Å². The SMILES string of the molecule is C.CF.CS(=O)(=O)NCCOCCOc1ccc(-c2cc(=O)c3ccccc3o2)cc1.NCCOCCOc1ccc(-c2cc(=O)c3ccccc3o2)cc1. The van der Waals surface area contributed by atoms with Gasteiger partial charge in [0, 0.05) is 36.3 Å². The van der Waals surface area contributed by atoms with Gasteiger partial charge in [-0.3, -0.25) is 14.0 Å². The van der Waals surface area contributed by atoms with Gasteiger partial charge in [-0.2, -0.15) is 0 Å². The Morgan fingerprint density at radius 1 is 0.618 bits per heavy atom. The first-order valence-electron chi connectivity index (χ1n) is 16.9. The molecule has 0 fully saturated rings. The highest BCUT2D eigenvalue weighted by atomic mass is 32.2. The van der Waals surface area contributed by atoms with E-state index in [9.17, 15) is 22.4 Å². The molecule has 55 heavy (non-hydrogen) atoms. The lowest BCUT2D eigenvalue weighted by Gasteiger charge is -2.08. The van der Waals surface area contributed by atoms with Crippen LogP contribution in [0.15, 0.2) is 128 Å². The van der Waals surface area contributed by atoms with Gasteiger partial charge in [-0.1, -0.05) is 31.7 Å². The lowest BCUT2D eigenvalue weighted by molar-refractivity contribution is 0.104. The summed E-state index contributed by atoms with van der Waals surface area (Å²) in [5.41, 5.74) is 7.94. The Bertz CT molecular complexity index is 2280. The number of fused-ring (bicyclic) bond motifs is 2. The molecule has 14 heteroatoms. The van der Waals surface area contributed by atoms with Crippen molar-refractivity contribution in [2.75, 3.05) is 66.2 Å². The maximum atomic E-state index is 12.2. The van der Waals surface area contributed by atoms with E-state index in [-0.39, 0.29) is 31.4 Å². The zero-order valence-corrected chi connectivity index (χ0v) is 30.8. The van der Waals surface area contributed by atoms with Crippen molar-refractivity contribution in [1.29, 1.82) is 0 Å². The van der Waals surface area contributed by atoms with E-state index in [0.29, 0.717) is 86.0 Å². The number of rotatable bonds is 16. The van der Waals surface area contributed by atoms with Gasteiger partial charge in [0.15, 0.2) is 10.9 Å². The molecule has 0 spiro atoms. The van der Waals surface area contributed by atoms with E-state index in [0.717, 1.165) is 23.1 Å². The van der Waals surface area contributed by atoms with Gasteiger partial charge >= 0.3 is 0 Å². The van der Waals surface area contributed by atoms with Gasteiger partial charge in [-0.05, 0) is 72.8 Å². The minimum atomic E-state index is -3.19. The van der Waals surface area contributed by atoms with Gasteiger partial charge < -0.3 is 33.5 Å². The number of halogens is 1. The number of hydrogen-bond acceptors (Lipinski definition) is 11. The molecule has 0 amide bonds. The van der Waals surface area contributed by atoms with Crippen LogP contribution in [0.4, 0.5) is 4.39 Å². The van der Waals surface area contributed by atoms with Crippen LogP contribution < -0.4 is 30.8 Å². The van der Waals surface area contributed by atoms with Crippen LogP contribution in [0.25, 0.3) is 44.6 Å². The van der Waals surface area contributed by atoms with E-state index >= 15 is 0 Å². The molecule has 294 valence electrons. The van der Waals surface area contributed by atoms with Crippen molar-refractivity contribution in [1.82, 2.24) is 4.72 Å². The average Bonchev–Trinajstić information content (AvgIpc) is 3.18. The van der Waals surface area contributed by atoms with E-state index in [2.05, 4.69) is 4.72 Å². The Balaban J connectivity index is 0.000000281. The predicted octanol–water partition coefficient (Wildman–Crippen LogP) is 6.44. The Labute approximate surface area is 319 Å². The number of sulfonamides is 1. The van der Waals surface area contributed by atoms with Gasteiger partial charge in [-0.15, -0.1) is 0 Å². The lowest BCUT2D eigenvalue weighted by atomic mass is 10.1. The van der Waals surface area contributed by atoms with Gasteiger partial charge in [-0.25, -0.2) is 13.1 Å². The molecule has 2 heterocycles. The first-order valence-corrected chi connectivity index (χ1v) is 18.8. The minimum Gasteiger partial charge on any atom is -0.491 e. The van der Waals surface area contributed by atoms with Gasteiger partial charge in [0.2, 0.25) is 10.0 Å². The highest BCUT2D eigenvalue weighted by Crippen LogP contribution is 2.25. The van der Waals surface area contributed by atoms with Crippen molar-refractivity contribution >= 4 is 32.0 Å². The second kappa shape index (κ2) is 22.7. The van der Waals surface area contributed by atoms with Crippen LogP contribution in [-0.2, 0) is 19.5 Å². The molecule has 6 rings (SSSR count). The van der Waals surface area contributed by atoms with Crippen LogP contribution in [0.5, 0.6) is 11.5 Å². The van der Waals surface area contributed by atoms with Crippen LogP contribution >= 0.6 is 0 Å². The summed E-state index contributed by atoms with van der Waals surface area (Å²) < 4.78 is 67.0. The molecule has 6 aromatic rings. The van der Waals surface area contributed by atoms with Crippen molar-refractivity contribution in [3.05, 3.63) is 130 Å². The molecule has 0 saturated heterocycles. The van der Waals surface area contributed by atoms with Crippen LogP contribution in [0.1, 0.15) is 7.43 Å². The van der Waals surface area contributed by atoms with Gasteiger partial charge in [0.25, 0.3) is 0 Å². The summed E-state index contributed by atoms with van der Waals surface area (Å²) >= 11 is 0. The Kier molecular flexibility index (Phi) is 18.2. The molecule has 0 bridgehead atoms. The maximum absolute atomic E-state index is 12.2. The first-order chi connectivity index (χ1) is 26.2. The van der Waals surface area contributed by atoms with E-state index in [4.69, 9.17) is 33.5 Å². The second-order valence-corrected chi connectivity index (χ2v) is 13.2.